The number of aryl methyl sites for hydroxylation is 1. The molecule has 3 nitrogen and oxygen atoms in total. The fraction of sp³-hybridized carbons (Fsp3) is 0.765. The first-order valence-corrected chi connectivity index (χ1v) is 8.19. The summed E-state index contributed by atoms with van der Waals surface area (Å²) in [6, 6.07) is 2.76. The lowest BCUT2D eigenvalue weighted by molar-refractivity contribution is 0.221. The monoisotopic (exact) mass is 278 g/mol. The molecule has 0 bridgehead atoms. The number of nitrogens with one attached hydrogen (secondary N) is 1. The Balaban J connectivity index is 1.89. The summed E-state index contributed by atoms with van der Waals surface area (Å²) in [4.78, 5) is 2.55. The first-order valence-electron chi connectivity index (χ1n) is 8.19. The molecule has 20 heavy (non-hydrogen) atoms. The second kappa shape index (κ2) is 7.84. The molecule has 1 N–H and O–H groups in total. The molecule has 0 atom stereocenters. The van der Waals surface area contributed by atoms with Crippen molar-refractivity contribution in [1.82, 2.24) is 10.2 Å². The maximum atomic E-state index is 5.94. The summed E-state index contributed by atoms with van der Waals surface area (Å²) in [6.07, 6.45) is 6.86. The van der Waals surface area contributed by atoms with E-state index in [0.29, 0.717) is 6.04 Å². The largest absolute Gasteiger partial charge is 0.465 e. The van der Waals surface area contributed by atoms with Crippen LogP contribution in [0.5, 0.6) is 0 Å². The fourth-order valence-corrected chi connectivity index (χ4v) is 2.85. The van der Waals surface area contributed by atoms with Gasteiger partial charge in [-0.25, -0.2) is 0 Å². The molecule has 1 aromatic rings. The predicted octanol–water partition coefficient (Wildman–Crippen LogP) is 3.85. The van der Waals surface area contributed by atoms with E-state index >= 15 is 0 Å². The van der Waals surface area contributed by atoms with Crippen LogP contribution in [-0.2, 0) is 13.1 Å². The molecule has 0 spiro atoms. The summed E-state index contributed by atoms with van der Waals surface area (Å²) in [5.41, 5.74) is 1.31. The van der Waals surface area contributed by atoms with Gasteiger partial charge in [0, 0.05) is 18.2 Å². The van der Waals surface area contributed by atoms with Crippen LogP contribution in [0.2, 0.25) is 0 Å². The van der Waals surface area contributed by atoms with E-state index in [9.17, 15) is 0 Å². The second-order valence-electron chi connectivity index (χ2n) is 6.37. The van der Waals surface area contributed by atoms with Gasteiger partial charge in [0.05, 0.1) is 6.54 Å². The van der Waals surface area contributed by atoms with E-state index in [4.69, 9.17) is 4.42 Å². The third kappa shape index (κ3) is 4.95. The first kappa shape index (κ1) is 15.6. The third-order valence-corrected chi connectivity index (χ3v) is 4.10. The van der Waals surface area contributed by atoms with Crippen molar-refractivity contribution in [2.45, 2.75) is 72.0 Å². The van der Waals surface area contributed by atoms with Crippen molar-refractivity contribution in [1.29, 1.82) is 0 Å². The van der Waals surface area contributed by atoms with E-state index in [1.54, 1.807) is 0 Å². The van der Waals surface area contributed by atoms with Crippen molar-refractivity contribution in [2.75, 3.05) is 13.1 Å². The van der Waals surface area contributed by atoms with Crippen molar-refractivity contribution < 1.29 is 4.42 Å². The smallest absolute Gasteiger partial charge is 0.118 e. The summed E-state index contributed by atoms with van der Waals surface area (Å²) in [6.45, 7) is 10.8. The zero-order chi connectivity index (χ0) is 14.4. The molecular formula is C17H30N2O. The fourth-order valence-electron chi connectivity index (χ4n) is 2.85. The van der Waals surface area contributed by atoms with E-state index in [2.05, 4.69) is 37.1 Å². The van der Waals surface area contributed by atoms with Crippen LogP contribution < -0.4 is 5.32 Å². The molecule has 0 amide bonds. The molecule has 1 aliphatic rings. The van der Waals surface area contributed by atoms with Gasteiger partial charge in [-0.15, -0.1) is 0 Å². The Bertz CT molecular complexity index is 390. The minimum atomic E-state index is 0.516. The Labute approximate surface area is 123 Å². The average molecular weight is 278 g/mol. The van der Waals surface area contributed by atoms with Crippen LogP contribution in [0.15, 0.2) is 10.5 Å². The Morgan fingerprint density at radius 2 is 1.80 bits per heavy atom. The zero-order valence-electron chi connectivity index (χ0n) is 13.4. The van der Waals surface area contributed by atoms with Crippen LogP contribution in [-0.4, -0.2) is 24.0 Å². The molecule has 1 aliphatic heterocycles. The van der Waals surface area contributed by atoms with Gasteiger partial charge in [0.25, 0.3) is 0 Å². The van der Waals surface area contributed by atoms with Crippen molar-refractivity contribution in [3.63, 3.8) is 0 Å². The quantitative estimate of drug-likeness (QED) is 0.886. The van der Waals surface area contributed by atoms with E-state index in [0.717, 1.165) is 24.6 Å². The molecule has 0 saturated carbocycles. The van der Waals surface area contributed by atoms with E-state index in [1.165, 1.54) is 50.8 Å². The molecule has 0 radical (unpaired) electrons. The lowest BCUT2D eigenvalue weighted by atomic mass is 10.1. The van der Waals surface area contributed by atoms with Gasteiger partial charge in [0.15, 0.2) is 0 Å². The van der Waals surface area contributed by atoms with E-state index in [1.807, 2.05) is 0 Å². The number of rotatable bonds is 5. The highest BCUT2D eigenvalue weighted by Gasteiger charge is 2.13. The van der Waals surface area contributed by atoms with Gasteiger partial charge in [0.1, 0.15) is 11.5 Å². The summed E-state index contributed by atoms with van der Waals surface area (Å²) in [7, 11) is 0. The Kier molecular flexibility index (Phi) is 6.11. The summed E-state index contributed by atoms with van der Waals surface area (Å²) < 4.78 is 5.94. The molecule has 2 heterocycles. The highest BCUT2D eigenvalue weighted by molar-refractivity contribution is 5.20. The molecule has 3 heteroatoms. The molecular weight excluding hydrogens is 248 g/mol. The van der Waals surface area contributed by atoms with Crippen LogP contribution >= 0.6 is 0 Å². The molecule has 1 aromatic heterocycles. The lowest BCUT2D eigenvalue weighted by Gasteiger charge is -2.23. The minimum Gasteiger partial charge on any atom is -0.465 e. The highest BCUT2D eigenvalue weighted by atomic mass is 16.3. The van der Waals surface area contributed by atoms with Gasteiger partial charge in [-0.2, -0.15) is 0 Å². The van der Waals surface area contributed by atoms with E-state index < -0.39 is 0 Å². The highest BCUT2D eigenvalue weighted by Crippen LogP contribution is 2.18. The van der Waals surface area contributed by atoms with Crippen molar-refractivity contribution >= 4 is 0 Å². The second-order valence-corrected chi connectivity index (χ2v) is 6.37. The Morgan fingerprint density at radius 3 is 2.45 bits per heavy atom. The van der Waals surface area contributed by atoms with Crippen LogP contribution in [0.25, 0.3) is 0 Å². The van der Waals surface area contributed by atoms with Gasteiger partial charge < -0.3 is 9.73 Å². The molecule has 2 rings (SSSR count). The maximum Gasteiger partial charge on any atom is 0.118 e. The number of hydrogen-bond acceptors (Lipinski definition) is 3. The Morgan fingerprint density at radius 1 is 1.15 bits per heavy atom. The van der Waals surface area contributed by atoms with E-state index in [-0.39, 0.29) is 0 Å². The SMILES string of the molecule is Cc1oc(CN2CCCCCCC2)cc1CNC(C)C. The zero-order valence-corrected chi connectivity index (χ0v) is 13.4. The van der Waals surface area contributed by atoms with Gasteiger partial charge in [-0.05, 0) is 38.9 Å². The Hall–Kier alpha value is -0.800. The summed E-state index contributed by atoms with van der Waals surface area (Å²) >= 11 is 0. The normalized spacial score (nSPS) is 18.2. The van der Waals surface area contributed by atoms with Crippen molar-refractivity contribution in [2.24, 2.45) is 0 Å². The van der Waals surface area contributed by atoms with Crippen LogP contribution in [0, 0.1) is 6.92 Å². The number of hydrogen-bond donors (Lipinski definition) is 1. The van der Waals surface area contributed by atoms with Gasteiger partial charge in [-0.3, -0.25) is 4.90 Å². The first-order chi connectivity index (χ1) is 9.65. The average Bonchev–Trinajstić information content (AvgIpc) is 2.70. The van der Waals surface area contributed by atoms with Gasteiger partial charge in [-0.1, -0.05) is 33.1 Å². The minimum absolute atomic E-state index is 0.516. The standard InChI is InChI=1S/C17H30N2O/c1-14(2)18-12-16-11-17(20-15(16)3)13-19-9-7-5-4-6-8-10-19/h11,14,18H,4-10,12-13H2,1-3H3. The third-order valence-electron chi connectivity index (χ3n) is 4.10. The van der Waals surface area contributed by atoms with Crippen LogP contribution in [0.3, 0.4) is 0 Å². The van der Waals surface area contributed by atoms with Crippen LogP contribution in [0.4, 0.5) is 0 Å². The molecule has 114 valence electrons. The molecule has 1 fully saturated rings. The lowest BCUT2D eigenvalue weighted by Crippen LogP contribution is -2.26. The number of likely N-dealkylation sites (tertiary alicyclic amines) is 1. The number of nitrogens with zero attached hydrogens (tertiary/aromatic N) is 1. The predicted molar refractivity (Wildman–Crippen MR) is 83.8 cm³/mol. The van der Waals surface area contributed by atoms with Gasteiger partial charge in [0.2, 0.25) is 0 Å². The van der Waals surface area contributed by atoms with Crippen molar-refractivity contribution in [3.8, 4) is 0 Å². The van der Waals surface area contributed by atoms with Crippen molar-refractivity contribution in [3.05, 3.63) is 23.2 Å². The summed E-state index contributed by atoms with van der Waals surface area (Å²) in [5, 5.41) is 3.46. The maximum absolute atomic E-state index is 5.94. The van der Waals surface area contributed by atoms with Crippen LogP contribution in [0.1, 0.15) is 63.0 Å². The van der Waals surface area contributed by atoms with Gasteiger partial charge >= 0.3 is 0 Å². The topological polar surface area (TPSA) is 28.4 Å². The molecule has 0 unspecified atom stereocenters. The summed E-state index contributed by atoms with van der Waals surface area (Å²) in [5.74, 6) is 2.20. The molecule has 1 saturated heterocycles. The molecule has 0 aliphatic carbocycles. The number of furan rings is 1. The molecule has 0 aromatic carbocycles.